The number of nitrogens with two attached hydrogens (primary N) is 1. The number of ketones is 1. The lowest BCUT2D eigenvalue weighted by Crippen LogP contribution is -2.55. The van der Waals surface area contributed by atoms with E-state index in [1.165, 1.54) is 0 Å². The van der Waals surface area contributed by atoms with Crippen LogP contribution in [0, 0.1) is 5.41 Å². The van der Waals surface area contributed by atoms with Crippen LogP contribution in [-0.4, -0.2) is 11.3 Å². The number of hydrogen-bond acceptors (Lipinski definition) is 2. The van der Waals surface area contributed by atoms with Crippen LogP contribution in [0.4, 0.5) is 0 Å². The summed E-state index contributed by atoms with van der Waals surface area (Å²) >= 11 is 5.86. The fraction of sp³-hybridized carbons (Fsp3) is 0.462. The number of hydrogen-bond donors (Lipinski definition) is 1. The minimum atomic E-state index is -0.905. The highest BCUT2D eigenvalue weighted by molar-refractivity contribution is 6.31. The molecular formula is C13H18ClNO. The van der Waals surface area contributed by atoms with Gasteiger partial charge in [0.15, 0.2) is 5.78 Å². The second-order valence-electron chi connectivity index (χ2n) is 5.29. The van der Waals surface area contributed by atoms with Gasteiger partial charge >= 0.3 is 0 Å². The second-order valence-corrected chi connectivity index (χ2v) is 5.73. The molecule has 2 N–H and O–H groups in total. The van der Waals surface area contributed by atoms with Crippen molar-refractivity contribution in [1.29, 1.82) is 0 Å². The van der Waals surface area contributed by atoms with Gasteiger partial charge in [-0.2, -0.15) is 0 Å². The van der Waals surface area contributed by atoms with Gasteiger partial charge in [-0.05, 0) is 24.5 Å². The Morgan fingerprint density at radius 1 is 1.25 bits per heavy atom. The predicted molar refractivity (Wildman–Crippen MR) is 67.8 cm³/mol. The average molecular weight is 240 g/mol. The molecular weight excluding hydrogens is 222 g/mol. The lowest BCUT2D eigenvalue weighted by molar-refractivity contribution is 0.0779. The first-order valence-electron chi connectivity index (χ1n) is 5.25. The Bertz CT molecular complexity index is 405. The molecule has 0 radical (unpaired) electrons. The Hall–Kier alpha value is -0.860. The molecule has 2 nitrogen and oxygen atoms in total. The van der Waals surface area contributed by atoms with E-state index < -0.39 is 5.54 Å². The smallest absolute Gasteiger partial charge is 0.182 e. The highest BCUT2D eigenvalue weighted by Crippen LogP contribution is 2.31. The van der Waals surface area contributed by atoms with E-state index in [-0.39, 0.29) is 11.2 Å². The van der Waals surface area contributed by atoms with Gasteiger partial charge in [0.25, 0.3) is 0 Å². The first kappa shape index (κ1) is 13.2. The van der Waals surface area contributed by atoms with Gasteiger partial charge < -0.3 is 5.73 Å². The zero-order chi connectivity index (χ0) is 12.6. The van der Waals surface area contributed by atoms with Gasteiger partial charge in [0.05, 0.1) is 5.54 Å². The van der Waals surface area contributed by atoms with Crippen LogP contribution in [0.2, 0.25) is 5.02 Å². The van der Waals surface area contributed by atoms with Gasteiger partial charge in [0.2, 0.25) is 0 Å². The van der Waals surface area contributed by atoms with Crippen molar-refractivity contribution in [2.24, 2.45) is 11.1 Å². The van der Waals surface area contributed by atoms with E-state index in [2.05, 4.69) is 0 Å². The summed E-state index contributed by atoms with van der Waals surface area (Å²) in [5.41, 5.74) is 5.48. The lowest BCUT2D eigenvalue weighted by Gasteiger charge is -2.37. The molecule has 0 aliphatic rings. The molecule has 1 aromatic carbocycles. The summed E-state index contributed by atoms with van der Waals surface area (Å²) in [4.78, 5) is 12.3. The van der Waals surface area contributed by atoms with Crippen molar-refractivity contribution in [3.63, 3.8) is 0 Å². The van der Waals surface area contributed by atoms with Crippen molar-refractivity contribution in [1.82, 2.24) is 0 Å². The number of rotatable bonds is 2. The number of carbonyl (C=O) groups is 1. The van der Waals surface area contributed by atoms with Gasteiger partial charge in [0, 0.05) is 10.6 Å². The van der Waals surface area contributed by atoms with Crippen molar-refractivity contribution >= 4 is 17.4 Å². The van der Waals surface area contributed by atoms with Gasteiger partial charge in [-0.25, -0.2) is 0 Å². The van der Waals surface area contributed by atoms with Crippen LogP contribution in [0.5, 0.6) is 0 Å². The van der Waals surface area contributed by atoms with Gasteiger partial charge in [-0.1, -0.05) is 44.5 Å². The van der Waals surface area contributed by atoms with Gasteiger partial charge in [-0.15, -0.1) is 0 Å². The molecule has 3 heteroatoms. The molecule has 0 spiro atoms. The molecule has 0 aliphatic carbocycles. The lowest BCUT2D eigenvalue weighted by atomic mass is 9.71. The van der Waals surface area contributed by atoms with Crippen LogP contribution in [-0.2, 0) is 0 Å². The first-order valence-corrected chi connectivity index (χ1v) is 5.63. The molecule has 0 heterocycles. The normalized spacial score (nSPS) is 15.6. The SMILES string of the molecule is CC(C)(C)C(C)(N)C(=O)c1cccc(Cl)c1. The van der Waals surface area contributed by atoms with Crippen molar-refractivity contribution in [3.8, 4) is 0 Å². The zero-order valence-corrected chi connectivity index (χ0v) is 10.9. The van der Waals surface area contributed by atoms with Crippen LogP contribution >= 0.6 is 11.6 Å². The second kappa shape index (κ2) is 4.19. The minimum Gasteiger partial charge on any atom is -0.318 e. The molecule has 0 aromatic heterocycles. The molecule has 16 heavy (non-hydrogen) atoms. The summed E-state index contributed by atoms with van der Waals surface area (Å²) in [6.45, 7) is 7.62. The maximum atomic E-state index is 12.3. The monoisotopic (exact) mass is 239 g/mol. The number of carbonyl (C=O) groups excluding carboxylic acids is 1. The maximum absolute atomic E-state index is 12.3. The van der Waals surface area contributed by atoms with Crippen LogP contribution in [0.3, 0.4) is 0 Å². The van der Waals surface area contributed by atoms with Crippen LogP contribution in [0.15, 0.2) is 24.3 Å². The Morgan fingerprint density at radius 2 is 1.81 bits per heavy atom. The van der Waals surface area contributed by atoms with Crippen molar-refractivity contribution in [3.05, 3.63) is 34.9 Å². The number of halogens is 1. The molecule has 1 atom stereocenters. The third-order valence-corrected chi connectivity index (χ3v) is 3.35. The minimum absolute atomic E-state index is 0.0810. The Kier molecular flexibility index (Phi) is 3.46. The summed E-state index contributed by atoms with van der Waals surface area (Å²) < 4.78 is 0. The maximum Gasteiger partial charge on any atom is 0.182 e. The fourth-order valence-corrected chi connectivity index (χ4v) is 1.46. The Balaban J connectivity index is 3.12. The van der Waals surface area contributed by atoms with E-state index in [0.717, 1.165) is 0 Å². The summed E-state index contributed by atoms with van der Waals surface area (Å²) in [5, 5.41) is 0.551. The largest absolute Gasteiger partial charge is 0.318 e. The summed E-state index contributed by atoms with van der Waals surface area (Å²) in [5.74, 6) is -0.0810. The molecule has 1 unspecified atom stereocenters. The first-order chi connectivity index (χ1) is 7.16. The standard InChI is InChI=1S/C13H18ClNO/c1-12(2,3)13(4,15)11(16)9-6-5-7-10(14)8-9/h5-8H,15H2,1-4H3. The fourth-order valence-electron chi connectivity index (χ4n) is 1.27. The highest BCUT2D eigenvalue weighted by Gasteiger charge is 2.40. The number of benzene rings is 1. The van der Waals surface area contributed by atoms with Crippen molar-refractivity contribution < 1.29 is 4.79 Å². The van der Waals surface area contributed by atoms with Crippen LogP contribution in [0.25, 0.3) is 0 Å². The summed E-state index contributed by atoms with van der Waals surface area (Å²) in [6, 6.07) is 6.89. The average Bonchev–Trinajstić information content (AvgIpc) is 2.14. The van der Waals surface area contributed by atoms with E-state index in [9.17, 15) is 4.79 Å². The topological polar surface area (TPSA) is 43.1 Å². The van der Waals surface area contributed by atoms with Gasteiger partial charge in [0.1, 0.15) is 0 Å². The molecule has 1 rings (SSSR count). The molecule has 0 saturated carbocycles. The molecule has 0 aliphatic heterocycles. The molecule has 1 aromatic rings. The third-order valence-electron chi connectivity index (χ3n) is 3.12. The van der Waals surface area contributed by atoms with E-state index in [1.54, 1.807) is 31.2 Å². The molecule has 0 saturated heterocycles. The Morgan fingerprint density at radius 3 is 2.25 bits per heavy atom. The Labute approximate surface area is 102 Å². The highest BCUT2D eigenvalue weighted by atomic mass is 35.5. The molecule has 0 fully saturated rings. The summed E-state index contributed by atoms with van der Waals surface area (Å²) in [6.07, 6.45) is 0. The van der Waals surface area contributed by atoms with E-state index in [1.807, 2.05) is 20.8 Å². The third kappa shape index (κ3) is 2.45. The zero-order valence-electron chi connectivity index (χ0n) is 10.2. The van der Waals surface area contributed by atoms with Crippen molar-refractivity contribution in [2.45, 2.75) is 33.2 Å². The predicted octanol–water partition coefficient (Wildman–Crippen LogP) is 3.29. The summed E-state index contributed by atoms with van der Waals surface area (Å²) in [7, 11) is 0. The van der Waals surface area contributed by atoms with Crippen LogP contribution in [0.1, 0.15) is 38.1 Å². The molecule has 0 amide bonds. The van der Waals surface area contributed by atoms with E-state index >= 15 is 0 Å². The van der Waals surface area contributed by atoms with Crippen LogP contribution < -0.4 is 5.73 Å². The van der Waals surface area contributed by atoms with Gasteiger partial charge in [-0.3, -0.25) is 4.79 Å². The molecule has 88 valence electrons. The van der Waals surface area contributed by atoms with E-state index in [4.69, 9.17) is 17.3 Å². The number of Topliss-reactive ketones (excluding diaryl/α,β-unsaturated/α-hetero) is 1. The quantitative estimate of drug-likeness (QED) is 0.805. The van der Waals surface area contributed by atoms with Crippen molar-refractivity contribution in [2.75, 3.05) is 0 Å². The molecule has 0 bridgehead atoms. The van der Waals surface area contributed by atoms with E-state index in [0.29, 0.717) is 10.6 Å².